The van der Waals surface area contributed by atoms with Crippen LogP contribution in [0.25, 0.3) is 0 Å². The Bertz CT molecular complexity index is 992. The Morgan fingerprint density at radius 1 is 1.23 bits per heavy atom. The molecule has 0 saturated carbocycles. The first-order chi connectivity index (χ1) is 14.9. The first-order valence-electron chi connectivity index (χ1n) is 9.85. The van der Waals surface area contributed by atoms with E-state index in [0.29, 0.717) is 23.7 Å². The molecule has 0 bridgehead atoms. The number of nitrogens with two attached hydrogens (primary N) is 1. The molecule has 31 heavy (non-hydrogen) atoms. The third kappa shape index (κ3) is 5.55. The molecule has 10 heteroatoms. The highest BCUT2D eigenvalue weighted by molar-refractivity contribution is 7.17. The number of hydrogen-bond acceptors (Lipinski definition) is 7. The van der Waals surface area contributed by atoms with E-state index in [1.807, 2.05) is 0 Å². The average molecular weight is 466 g/mol. The van der Waals surface area contributed by atoms with Crippen molar-refractivity contribution in [3.8, 4) is 0 Å². The molecule has 4 N–H and O–H groups in total. The van der Waals surface area contributed by atoms with E-state index in [4.69, 9.17) is 26.8 Å². The number of esters is 1. The summed E-state index contributed by atoms with van der Waals surface area (Å²) in [6.07, 6.45) is 3.70. The maximum absolute atomic E-state index is 12.8. The molecule has 0 unspecified atom stereocenters. The number of halogens is 1. The lowest BCUT2D eigenvalue weighted by atomic mass is 9.95. The summed E-state index contributed by atoms with van der Waals surface area (Å²) in [5.41, 5.74) is 7.43. The van der Waals surface area contributed by atoms with Crippen molar-refractivity contribution in [2.24, 2.45) is 0 Å². The van der Waals surface area contributed by atoms with E-state index in [1.165, 1.54) is 17.4 Å². The largest absolute Gasteiger partial charge is 0.452 e. The van der Waals surface area contributed by atoms with Gasteiger partial charge >= 0.3 is 5.97 Å². The van der Waals surface area contributed by atoms with Gasteiger partial charge in [-0.2, -0.15) is 0 Å². The van der Waals surface area contributed by atoms with E-state index in [0.717, 1.165) is 36.1 Å². The molecule has 0 spiro atoms. The number of carbonyl (C=O) groups is 3. The van der Waals surface area contributed by atoms with Gasteiger partial charge in [0.1, 0.15) is 5.00 Å². The maximum Gasteiger partial charge on any atom is 0.340 e. The molecule has 1 aromatic carbocycles. The fourth-order valence-corrected chi connectivity index (χ4v) is 4.81. The van der Waals surface area contributed by atoms with Crippen molar-refractivity contribution >= 4 is 51.4 Å². The molecule has 0 atom stereocenters. The van der Waals surface area contributed by atoms with Gasteiger partial charge in [0.25, 0.3) is 11.8 Å². The Balaban J connectivity index is 1.69. The number of nitrogen functional groups attached to an aromatic ring is 1. The van der Waals surface area contributed by atoms with Crippen LogP contribution >= 0.6 is 22.9 Å². The Morgan fingerprint density at radius 2 is 2.00 bits per heavy atom. The topological polar surface area (TPSA) is 120 Å². The monoisotopic (exact) mass is 465 g/mol. The number of benzene rings is 1. The molecule has 3 rings (SSSR count). The molecule has 1 aliphatic rings. The number of rotatable bonds is 8. The molecule has 0 saturated heterocycles. The lowest BCUT2D eigenvalue weighted by molar-refractivity contribution is -0.119. The number of methoxy groups -OCH3 is 1. The lowest BCUT2D eigenvalue weighted by Gasteiger charge is -2.13. The van der Waals surface area contributed by atoms with E-state index >= 15 is 0 Å². The first kappa shape index (κ1) is 23.1. The molecular weight excluding hydrogens is 442 g/mol. The Hall–Kier alpha value is -2.62. The van der Waals surface area contributed by atoms with Gasteiger partial charge in [0.2, 0.25) is 0 Å². The maximum atomic E-state index is 12.8. The van der Waals surface area contributed by atoms with Gasteiger partial charge in [-0.1, -0.05) is 17.7 Å². The minimum Gasteiger partial charge on any atom is -0.452 e. The average Bonchev–Trinajstić information content (AvgIpc) is 3.11. The third-order valence-electron chi connectivity index (χ3n) is 4.85. The number of para-hydroxylation sites is 1. The van der Waals surface area contributed by atoms with Gasteiger partial charge in [-0.25, -0.2) is 4.79 Å². The van der Waals surface area contributed by atoms with Crippen LogP contribution in [-0.4, -0.2) is 44.7 Å². The minimum absolute atomic E-state index is 0.0881. The van der Waals surface area contributed by atoms with Crippen LogP contribution in [-0.2, 0) is 27.1 Å². The van der Waals surface area contributed by atoms with Crippen LogP contribution in [0.1, 0.15) is 44.0 Å². The number of aryl methyl sites for hydroxylation is 1. The number of carbonyl (C=O) groups excluding carboxylic acids is 3. The van der Waals surface area contributed by atoms with Gasteiger partial charge in [0, 0.05) is 18.5 Å². The van der Waals surface area contributed by atoms with Crippen LogP contribution in [0.2, 0.25) is 5.02 Å². The van der Waals surface area contributed by atoms with Crippen molar-refractivity contribution in [1.82, 2.24) is 5.32 Å². The highest BCUT2D eigenvalue weighted by atomic mass is 35.5. The summed E-state index contributed by atoms with van der Waals surface area (Å²) < 4.78 is 10.1. The van der Waals surface area contributed by atoms with Crippen molar-refractivity contribution in [2.45, 2.75) is 25.7 Å². The second kappa shape index (κ2) is 10.6. The minimum atomic E-state index is -0.752. The van der Waals surface area contributed by atoms with E-state index in [1.54, 1.807) is 19.2 Å². The molecule has 0 fully saturated rings. The molecule has 8 nitrogen and oxygen atoms in total. The Morgan fingerprint density at radius 3 is 2.77 bits per heavy atom. The quantitative estimate of drug-likeness (QED) is 0.313. The van der Waals surface area contributed by atoms with Gasteiger partial charge < -0.3 is 25.8 Å². The zero-order valence-corrected chi connectivity index (χ0v) is 18.7. The zero-order chi connectivity index (χ0) is 22.4. The van der Waals surface area contributed by atoms with E-state index in [2.05, 4.69) is 10.6 Å². The summed E-state index contributed by atoms with van der Waals surface area (Å²) in [7, 11) is 1.56. The van der Waals surface area contributed by atoms with Gasteiger partial charge in [-0.05, 0) is 43.4 Å². The Kier molecular flexibility index (Phi) is 7.89. The van der Waals surface area contributed by atoms with Crippen LogP contribution in [0, 0.1) is 0 Å². The van der Waals surface area contributed by atoms with Crippen LogP contribution < -0.4 is 16.4 Å². The summed E-state index contributed by atoms with van der Waals surface area (Å²) in [5.74, 6) is -1.55. The van der Waals surface area contributed by atoms with E-state index in [-0.39, 0.29) is 22.2 Å². The van der Waals surface area contributed by atoms with Gasteiger partial charge in [0.05, 0.1) is 28.4 Å². The summed E-state index contributed by atoms with van der Waals surface area (Å²) >= 11 is 7.30. The second-order valence-electron chi connectivity index (χ2n) is 6.99. The summed E-state index contributed by atoms with van der Waals surface area (Å²) in [5, 5.41) is 6.23. The first-order valence-corrected chi connectivity index (χ1v) is 11.0. The SMILES string of the molecule is COCCNC(=O)c1c(NC(=O)COC(=O)c2cccc(Cl)c2N)sc2c1CCCC2. The molecule has 166 valence electrons. The molecule has 0 radical (unpaired) electrons. The van der Waals surface area contributed by atoms with Crippen LogP contribution in [0.5, 0.6) is 0 Å². The van der Waals surface area contributed by atoms with Crippen molar-refractivity contribution in [3.05, 3.63) is 44.8 Å². The number of ether oxygens (including phenoxy) is 2. The molecule has 1 aliphatic carbocycles. The van der Waals surface area contributed by atoms with Crippen LogP contribution in [0.3, 0.4) is 0 Å². The van der Waals surface area contributed by atoms with Crippen molar-refractivity contribution in [1.29, 1.82) is 0 Å². The van der Waals surface area contributed by atoms with Gasteiger partial charge in [-0.3, -0.25) is 9.59 Å². The lowest BCUT2D eigenvalue weighted by Crippen LogP contribution is -2.29. The number of anilines is 2. The third-order valence-corrected chi connectivity index (χ3v) is 6.39. The van der Waals surface area contributed by atoms with Crippen molar-refractivity contribution < 1.29 is 23.9 Å². The normalized spacial score (nSPS) is 12.7. The zero-order valence-electron chi connectivity index (χ0n) is 17.1. The fourth-order valence-electron chi connectivity index (χ4n) is 3.34. The van der Waals surface area contributed by atoms with Crippen LogP contribution in [0.15, 0.2) is 18.2 Å². The van der Waals surface area contributed by atoms with Gasteiger partial charge in [0.15, 0.2) is 6.61 Å². The van der Waals surface area contributed by atoms with Gasteiger partial charge in [-0.15, -0.1) is 11.3 Å². The fraction of sp³-hybridized carbons (Fsp3) is 0.381. The highest BCUT2D eigenvalue weighted by Crippen LogP contribution is 2.38. The molecule has 1 aromatic heterocycles. The standard InChI is InChI=1S/C21H24ClN3O5S/c1-29-10-9-24-19(27)17-12-5-2-3-8-15(12)31-20(17)25-16(26)11-30-21(28)13-6-4-7-14(22)18(13)23/h4,6-7H,2-3,5,8-11,23H2,1H3,(H,24,27)(H,25,26). The number of hydrogen-bond donors (Lipinski definition) is 3. The predicted molar refractivity (Wildman–Crippen MR) is 120 cm³/mol. The van der Waals surface area contributed by atoms with Crippen LogP contribution in [0.4, 0.5) is 10.7 Å². The summed E-state index contributed by atoms with van der Waals surface area (Å²) in [4.78, 5) is 38.6. The highest BCUT2D eigenvalue weighted by Gasteiger charge is 2.26. The molecular formula is C21H24ClN3O5S. The smallest absolute Gasteiger partial charge is 0.340 e. The molecule has 2 amide bonds. The number of thiophene rings is 1. The number of nitrogens with one attached hydrogen (secondary N) is 2. The van der Waals surface area contributed by atoms with Crippen molar-refractivity contribution in [3.63, 3.8) is 0 Å². The van der Waals surface area contributed by atoms with Crippen molar-refractivity contribution in [2.75, 3.05) is 37.9 Å². The Labute approximate surface area is 189 Å². The van der Waals surface area contributed by atoms with E-state index in [9.17, 15) is 14.4 Å². The molecule has 2 aromatic rings. The van der Waals surface area contributed by atoms with E-state index < -0.39 is 18.5 Å². The molecule has 0 aliphatic heterocycles. The summed E-state index contributed by atoms with van der Waals surface area (Å²) in [6, 6.07) is 4.59. The number of fused-ring (bicyclic) bond motifs is 1. The predicted octanol–water partition coefficient (Wildman–Crippen LogP) is 3.03. The molecule has 1 heterocycles. The second-order valence-corrected chi connectivity index (χ2v) is 8.50. The number of amides is 2. The summed E-state index contributed by atoms with van der Waals surface area (Å²) in [6.45, 7) is 0.243.